The maximum absolute atomic E-state index is 9.28. The number of nitrogens with zero attached hydrogens (tertiary/aromatic N) is 4. The van der Waals surface area contributed by atoms with Gasteiger partial charge in [-0.05, 0) is 120 Å². The highest BCUT2D eigenvalue weighted by Gasteiger charge is 2.20. The Hall–Kier alpha value is -9.73. The van der Waals surface area contributed by atoms with Crippen molar-refractivity contribution in [2.24, 2.45) is 0 Å². The van der Waals surface area contributed by atoms with Crippen molar-refractivity contribution < 1.29 is 0 Å². The highest BCUT2D eigenvalue weighted by atomic mass is 35.5. The lowest BCUT2D eigenvalue weighted by molar-refractivity contribution is 0.787. The van der Waals surface area contributed by atoms with Gasteiger partial charge >= 0.3 is 0 Å². The van der Waals surface area contributed by atoms with Gasteiger partial charge in [-0.1, -0.05) is 393 Å². The van der Waals surface area contributed by atoms with Crippen molar-refractivity contribution in [3.05, 3.63) is 410 Å². The number of hydrogen-bond acceptors (Lipinski definition) is 3. The third kappa shape index (κ3) is 18.9. The van der Waals surface area contributed by atoms with Gasteiger partial charge in [0.1, 0.15) is 11.6 Å². The number of rotatable bonds is 14. The zero-order chi connectivity index (χ0) is 66.6. The normalized spacial score (nSPS) is 10.6. The number of benzene rings is 13. The number of hydrogen-bond donors (Lipinski definition) is 0. The minimum atomic E-state index is -0.446. The van der Waals surface area contributed by atoms with Gasteiger partial charge in [-0.15, -0.1) is 0 Å². The first-order valence-electron chi connectivity index (χ1n) is 32.0. The van der Waals surface area contributed by atoms with Gasteiger partial charge in [0.05, 0.1) is 27.6 Å². The van der Waals surface area contributed by atoms with Gasteiger partial charge in [0, 0.05) is 12.1 Å². The van der Waals surface area contributed by atoms with Crippen LogP contribution in [0.1, 0.15) is 12.6 Å². The Balaban J connectivity index is 0.000000123. The van der Waals surface area contributed by atoms with Gasteiger partial charge in [-0.3, -0.25) is 0 Å². The van der Waals surface area contributed by atoms with Gasteiger partial charge in [-0.2, -0.15) is 5.26 Å². The fraction of sp³-hybridized carbons (Fsp3) is 0.0230. The van der Waals surface area contributed by atoms with Crippen LogP contribution in [-0.2, 0) is 6.54 Å². The Kier molecular flexibility index (Phi) is 25.8. The number of pyridine rings is 1. The molecule has 13 aromatic carbocycles. The third-order valence-corrected chi connectivity index (χ3v) is 26.0. The van der Waals surface area contributed by atoms with Crippen molar-refractivity contribution in [2.45, 2.75) is 13.5 Å². The van der Waals surface area contributed by atoms with Crippen LogP contribution in [0.4, 0.5) is 0 Å². The number of nitriles is 1. The topological polar surface area (TPSA) is 54.5 Å². The number of fused-ring (bicyclic) bond motifs is 1. The first-order chi connectivity index (χ1) is 47.9. The van der Waals surface area contributed by atoms with Crippen LogP contribution in [-0.4, -0.2) is 14.5 Å². The Morgan fingerprint density at radius 3 is 0.732 bits per heavy atom. The predicted molar refractivity (Wildman–Crippen MR) is 424 cm³/mol. The van der Waals surface area contributed by atoms with E-state index in [1.54, 1.807) is 18.5 Å². The summed E-state index contributed by atoms with van der Waals surface area (Å²) in [6.45, 7) is 2.79. The van der Waals surface area contributed by atoms with E-state index in [0.29, 0.717) is 26.9 Å². The second-order valence-electron chi connectivity index (χ2n) is 21.9. The number of aryl methyl sites for hydroxylation is 1. The largest absolute Gasteiger partial charge is 0.331 e. The summed E-state index contributed by atoms with van der Waals surface area (Å²) >= 11 is 12.0. The van der Waals surface area contributed by atoms with Crippen LogP contribution < -0.4 is 63.7 Å². The molecule has 0 spiro atoms. The van der Waals surface area contributed by atoms with Crippen molar-refractivity contribution in [3.63, 3.8) is 0 Å². The van der Waals surface area contributed by atoms with Crippen LogP contribution in [0.3, 0.4) is 0 Å². The smallest absolute Gasteiger partial charge is 0.169 e. The van der Waals surface area contributed by atoms with E-state index >= 15 is 0 Å². The highest BCUT2D eigenvalue weighted by Crippen LogP contribution is 2.36. The first kappa shape index (κ1) is 68.6. The van der Waals surface area contributed by atoms with Crippen molar-refractivity contribution >= 4 is 130 Å². The maximum Gasteiger partial charge on any atom is 0.169 e. The molecule has 0 amide bonds. The Labute approximate surface area is 586 Å². The average Bonchev–Trinajstić information content (AvgIpc) is 1.75. The number of halogens is 2. The molecule has 15 rings (SSSR count). The molecule has 0 fully saturated rings. The van der Waals surface area contributed by atoms with Crippen LogP contribution in [0.5, 0.6) is 0 Å². The van der Waals surface area contributed by atoms with E-state index in [9.17, 15) is 5.26 Å². The molecule has 0 saturated heterocycles. The van der Waals surface area contributed by atoms with E-state index in [2.05, 4.69) is 380 Å². The molecule has 0 atom stereocenters. The summed E-state index contributed by atoms with van der Waals surface area (Å²) in [4.78, 5) is 8.63. The molecule has 15 aromatic rings. The Morgan fingerprint density at radius 1 is 0.309 bits per heavy atom. The van der Waals surface area contributed by atoms with Crippen LogP contribution in [0.25, 0.3) is 22.3 Å². The molecule has 2 heterocycles. The molecule has 4 nitrogen and oxygen atoms in total. The predicted octanol–water partition coefficient (Wildman–Crippen LogP) is 18.1. The molecule has 0 unspecified atom stereocenters. The van der Waals surface area contributed by atoms with E-state index in [1.807, 2.05) is 23.6 Å². The van der Waals surface area contributed by atoms with Gasteiger partial charge in [0.15, 0.2) is 5.69 Å². The van der Waals surface area contributed by atoms with E-state index < -0.39 is 31.7 Å². The molecule has 2 aromatic heterocycles. The number of imidazole rings is 1. The molecular formula is C87H70Cl2N4P4. The van der Waals surface area contributed by atoms with Gasteiger partial charge in [0.25, 0.3) is 0 Å². The molecule has 0 N–H and O–H groups in total. The van der Waals surface area contributed by atoms with Gasteiger partial charge in [0.2, 0.25) is 0 Å². The fourth-order valence-electron chi connectivity index (χ4n) is 10.9. The van der Waals surface area contributed by atoms with Crippen molar-refractivity contribution in [1.82, 2.24) is 14.5 Å². The molecule has 10 heteroatoms. The second kappa shape index (κ2) is 36.4. The minimum Gasteiger partial charge on any atom is -0.331 e. The van der Waals surface area contributed by atoms with E-state index in [0.717, 1.165) is 17.6 Å². The van der Waals surface area contributed by atoms with Gasteiger partial charge in [-0.25, -0.2) is 9.97 Å². The highest BCUT2D eigenvalue weighted by molar-refractivity contribution is 7.81. The van der Waals surface area contributed by atoms with Crippen molar-refractivity contribution in [2.75, 3.05) is 0 Å². The lowest BCUT2D eigenvalue weighted by atomic mass is 10.1. The lowest BCUT2D eigenvalue weighted by Gasteiger charge is -2.18. The molecule has 0 aliphatic rings. The Morgan fingerprint density at radius 2 is 0.536 bits per heavy atom. The fourth-order valence-corrected chi connectivity index (χ4v) is 20.4. The summed E-state index contributed by atoms with van der Waals surface area (Å²) in [5, 5.41) is 27.0. The molecule has 0 aliphatic heterocycles. The van der Waals surface area contributed by atoms with Crippen LogP contribution in [0, 0.1) is 11.3 Å². The minimum absolute atomic E-state index is 0.306. The molecule has 97 heavy (non-hydrogen) atoms. The molecule has 472 valence electrons. The summed E-state index contributed by atoms with van der Waals surface area (Å²) in [5.41, 5.74) is 3.29. The summed E-state index contributed by atoms with van der Waals surface area (Å²) in [7, 11) is -1.78. The van der Waals surface area contributed by atoms with E-state index in [-0.39, 0.29) is 0 Å². The SMILES string of the molecule is CCn1cnc2c(C#N)nc(-c3ccc(Cl)c(Cl)c3)cc21.c1ccc(P(c2ccccc2)c2ccccc2)cc1.c1ccc(P(c2ccccc2)c2ccccc2)cc1.c1ccc(P(c2ccccc2)c2ccccc2)cc1.c1ccc(P(c2ccccc2)c2ccccc2)cc1. The molecule has 0 radical (unpaired) electrons. The third-order valence-electron chi connectivity index (χ3n) is 15.4. The van der Waals surface area contributed by atoms with E-state index in [1.165, 1.54) is 63.7 Å². The second-order valence-corrected chi connectivity index (χ2v) is 31.6. The van der Waals surface area contributed by atoms with E-state index in [4.69, 9.17) is 23.2 Å². The van der Waals surface area contributed by atoms with Crippen LogP contribution >= 0.6 is 54.9 Å². The van der Waals surface area contributed by atoms with Crippen LogP contribution in [0.2, 0.25) is 10.0 Å². The molecule has 0 bridgehead atoms. The van der Waals surface area contributed by atoms with Crippen molar-refractivity contribution in [3.8, 4) is 17.3 Å². The zero-order valence-corrected chi connectivity index (χ0v) is 58.7. The van der Waals surface area contributed by atoms with Crippen LogP contribution in [0.15, 0.2) is 395 Å². The lowest BCUT2D eigenvalue weighted by Crippen LogP contribution is -2.20. The zero-order valence-electron chi connectivity index (χ0n) is 53.6. The standard InChI is InChI=1S/4C18H15P.C15H10Cl2N4/c4*1-4-10-16(11-5-1)19(17-12-6-2-7-13-17)18-14-8-3-9-15-18;1-2-21-8-19-15-13(7-18)20-12(6-14(15)21)9-3-4-10(16)11(17)5-9/h4*1-15H;3-6,8H,2H2,1H3. The van der Waals surface area contributed by atoms with Crippen molar-refractivity contribution in [1.29, 1.82) is 5.26 Å². The summed E-state index contributed by atoms with van der Waals surface area (Å²) in [6, 6.07) is 139. The Bertz CT molecular complexity index is 3950. The quantitative estimate of drug-likeness (QED) is 0.102. The monoisotopic (exact) mass is 1360 g/mol. The first-order valence-corrected chi connectivity index (χ1v) is 38.1. The summed E-state index contributed by atoms with van der Waals surface area (Å²) in [6.07, 6.45) is 1.71. The van der Waals surface area contributed by atoms with Gasteiger partial charge < -0.3 is 4.57 Å². The molecule has 0 aliphatic carbocycles. The maximum atomic E-state index is 9.28. The number of aromatic nitrogens is 3. The molecular weight excluding hydrogens is 1300 g/mol. The molecule has 0 saturated carbocycles. The summed E-state index contributed by atoms with van der Waals surface area (Å²) < 4.78 is 1.97. The summed E-state index contributed by atoms with van der Waals surface area (Å²) in [5.74, 6) is 0. The average molecular weight is 1370 g/mol.